The van der Waals surface area contributed by atoms with Gasteiger partial charge in [-0.2, -0.15) is 8.78 Å². The highest BCUT2D eigenvalue weighted by Crippen LogP contribution is 2.29. The van der Waals surface area contributed by atoms with Gasteiger partial charge >= 0.3 is 6.61 Å². The van der Waals surface area contributed by atoms with Gasteiger partial charge in [0.2, 0.25) is 0 Å². The molecule has 1 N–H and O–H groups in total. The van der Waals surface area contributed by atoms with Gasteiger partial charge in [0.05, 0.1) is 5.69 Å². The zero-order chi connectivity index (χ0) is 19.6. The van der Waals surface area contributed by atoms with Crippen LogP contribution in [0.1, 0.15) is 27.0 Å². The zero-order valence-electron chi connectivity index (χ0n) is 15.0. The lowest BCUT2D eigenvalue weighted by atomic mass is 9.99. The molecule has 3 aromatic rings. The number of hydrogen-bond donors (Lipinski definition) is 1. The van der Waals surface area contributed by atoms with Crippen LogP contribution in [0.25, 0.3) is 11.3 Å². The molecule has 0 radical (unpaired) electrons. The Bertz CT molecular complexity index is 986. The average Bonchev–Trinajstić information content (AvgIpc) is 3.06. The van der Waals surface area contributed by atoms with Crippen LogP contribution in [0, 0.1) is 20.8 Å². The summed E-state index contributed by atoms with van der Waals surface area (Å²) in [6.07, 6.45) is 0. The first-order valence-corrected chi connectivity index (χ1v) is 9.11. The van der Waals surface area contributed by atoms with Crippen LogP contribution in [0.3, 0.4) is 0 Å². The first-order chi connectivity index (χ1) is 12.8. The quantitative estimate of drug-likeness (QED) is 0.620. The third kappa shape index (κ3) is 4.49. The third-order valence-electron chi connectivity index (χ3n) is 4.16. The van der Waals surface area contributed by atoms with E-state index in [0.717, 1.165) is 16.8 Å². The molecule has 0 aliphatic heterocycles. The molecular weight excluding hydrogens is 370 g/mol. The molecule has 0 unspecified atom stereocenters. The molecule has 4 nitrogen and oxygen atoms in total. The molecule has 0 aliphatic carbocycles. The SMILES string of the molecule is Cc1cc(C)c(-c2csc(NC(=O)c3cccc(OC(F)F)c3)n2)cc1C. The predicted octanol–water partition coefficient (Wildman–Crippen LogP) is 5.59. The number of aryl methyl sites for hydroxylation is 3. The van der Waals surface area contributed by atoms with Gasteiger partial charge in [0, 0.05) is 16.5 Å². The maximum absolute atomic E-state index is 12.4. The molecule has 0 saturated carbocycles. The van der Waals surface area contributed by atoms with E-state index in [-0.39, 0.29) is 11.3 Å². The minimum atomic E-state index is -2.94. The van der Waals surface area contributed by atoms with Crippen molar-refractivity contribution in [3.8, 4) is 17.0 Å². The second kappa shape index (κ2) is 7.84. The molecule has 1 aromatic heterocycles. The Balaban J connectivity index is 1.78. The van der Waals surface area contributed by atoms with Crippen molar-refractivity contribution in [2.45, 2.75) is 27.4 Å². The van der Waals surface area contributed by atoms with Crippen molar-refractivity contribution in [1.29, 1.82) is 0 Å². The largest absolute Gasteiger partial charge is 0.435 e. The first-order valence-electron chi connectivity index (χ1n) is 8.23. The second-order valence-corrected chi connectivity index (χ2v) is 7.01. The fraction of sp³-hybridized carbons (Fsp3) is 0.200. The van der Waals surface area contributed by atoms with E-state index in [1.165, 1.54) is 46.7 Å². The molecule has 1 heterocycles. The number of carbonyl (C=O) groups is 1. The molecule has 0 spiro atoms. The number of carbonyl (C=O) groups excluding carboxylic acids is 1. The molecule has 27 heavy (non-hydrogen) atoms. The number of anilines is 1. The van der Waals surface area contributed by atoms with E-state index in [1.807, 2.05) is 19.2 Å². The van der Waals surface area contributed by atoms with Gasteiger partial charge in [0.1, 0.15) is 5.75 Å². The lowest BCUT2D eigenvalue weighted by molar-refractivity contribution is -0.0498. The van der Waals surface area contributed by atoms with Gasteiger partial charge in [-0.3, -0.25) is 10.1 Å². The van der Waals surface area contributed by atoms with E-state index in [1.54, 1.807) is 0 Å². The van der Waals surface area contributed by atoms with E-state index < -0.39 is 12.5 Å². The first kappa shape index (κ1) is 19.0. The van der Waals surface area contributed by atoms with Crippen molar-refractivity contribution < 1.29 is 18.3 Å². The normalized spacial score (nSPS) is 10.9. The van der Waals surface area contributed by atoms with Crippen molar-refractivity contribution in [1.82, 2.24) is 4.98 Å². The fourth-order valence-electron chi connectivity index (χ4n) is 2.67. The Kier molecular flexibility index (Phi) is 5.51. The molecular formula is C20H18F2N2O2S. The summed E-state index contributed by atoms with van der Waals surface area (Å²) in [7, 11) is 0. The highest BCUT2D eigenvalue weighted by atomic mass is 32.1. The summed E-state index contributed by atoms with van der Waals surface area (Å²) in [5, 5.41) is 5.02. The van der Waals surface area contributed by atoms with E-state index in [4.69, 9.17) is 0 Å². The topological polar surface area (TPSA) is 51.2 Å². The van der Waals surface area contributed by atoms with Gasteiger partial charge in [0.25, 0.3) is 5.91 Å². The number of alkyl halides is 2. The average molecular weight is 388 g/mol. The number of thiazole rings is 1. The molecule has 0 atom stereocenters. The molecule has 0 aliphatic rings. The van der Waals surface area contributed by atoms with Crippen molar-refractivity contribution in [2.75, 3.05) is 5.32 Å². The monoisotopic (exact) mass is 388 g/mol. The maximum Gasteiger partial charge on any atom is 0.387 e. The third-order valence-corrected chi connectivity index (χ3v) is 4.92. The van der Waals surface area contributed by atoms with Gasteiger partial charge in [0.15, 0.2) is 5.13 Å². The summed E-state index contributed by atoms with van der Waals surface area (Å²) >= 11 is 1.31. The highest BCUT2D eigenvalue weighted by molar-refractivity contribution is 7.14. The second-order valence-electron chi connectivity index (χ2n) is 6.15. The Hall–Kier alpha value is -2.80. The van der Waals surface area contributed by atoms with Crippen LogP contribution in [0.2, 0.25) is 0 Å². The standard InChI is InChI=1S/C20H18F2N2O2S/c1-11-7-13(3)16(8-12(11)2)17-10-27-20(23-17)24-18(25)14-5-4-6-15(9-14)26-19(21)22/h4-10,19H,1-3H3,(H,23,24,25). The molecule has 7 heteroatoms. The molecule has 3 rings (SSSR count). The van der Waals surface area contributed by atoms with E-state index in [0.29, 0.717) is 5.13 Å². The molecule has 0 fully saturated rings. The number of aromatic nitrogens is 1. The number of rotatable bonds is 5. The number of nitrogens with zero attached hydrogens (tertiary/aromatic N) is 1. The lowest BCUT2D eigenvalue weighted by Crippen LogP contribution is -2.12. The van der Waals surface area contributed by atoms with Crippen molar-refractivity contribution >= 4 is 22.4 Å². The summed E-state index contributed by atoms with van der Waals surface area (Å²) in [5.74, 6) is -0.504. The van der Waals surface area contributed by atoms with Gasteiger partial charge < -0.3 is 4.74 Å². The molecule has 0 saturated heterocycles. The number of benzene rings is 2. The van der Waals surface area contributed by atoms with Crippen molar-refractivity contribution in [2.24, 2.45) is 0 Å². The van der Waals surface area contributed by atoms with Crippen LogP contribution in [0.15, 0.2) is 41.8 Å². The summed E-state index contributed by atoms with van der Waals surface area (Å²) < 4.78 is 29.0. The van der Waals surface area contributed by atoms with Crippen LogP contribution < -0.4 is 10.1 Å². The Morgan fingerprint density at radius 2 is 1.85 bits per heavy atom. The van der Waals surface area contributed by atoms with E-state index in [2.05, 4.69) is 34.1 Å². The smallest absolute Gasteiger partial charge is 0.387 e. The minimum absolute atomic E-state index is 0.0665. The number of ether oxygens (including phenoxy) is 1. The van der Waals surface area contributed by atoms with Crippen molar-refractivity contribution in [3.63, 3.8) is 0 Å². The predicted molar refractivity (Wildman–Crippen MR) is 103 cm³/mol. The zero-order valence-corrected chi connectivity index (χ0v) is 15.9. The molecule has 1 amide bonds. The number of nitrogens with one attached hydrogen (secondary N) is 1. The van der Waals surface area contributed by atoms with Gasteiger partial charge in [-0.05, 0) is 61.7 Å². The summed E-state index contributed by atoms with van der Waals surface area (Å²) in [4.78, 5) is 16.9. The Morgan fingerprint density at radius 1 is 1.11 bits per heavy atom. The number of hydrogen-bond acceptors (Lipinski definition) is 4. The highest BCUT2D eigenvalue weighted by Gasteiger charge is 2.13. The van der Waals surface area contributed by atoms with Crippen LogP contribution in [0.4, 0.5) is 13.9 Å². The Labute approximate surface area is 159 Å². The van der Waals surface area contributed by atoms with Crippen LogP contribution >= 0.6 is 11.3 Å². The molecule has 140 valence electrons. The van der Waals surface area contributed by atoms with Crippen LogP contribution in [0.5, 0.6) is 5.75 Å². The van der Waals surface area contributed by atoms with E-state index >= 15 is 0 Å². The molecule has 2 aromatic carbocycles. The van der Waals surface area contributed by atoms with Gasteiger partial charge in [-0.25, -0.2) is 4.98 Å². The lowest BCUT2D eigenvalue weighted by Gasteiger charge is -2.08. The summed E-state index contributed by atoms with van der Waals surface area (Å²) in [6, 6.07) is 9.83. The van der Waals surface area contributed by atoms with Crippen LogP contribution in [-0.4, -0.2) is 17.5 Å². The van der Waals surface area contributed by atoms with Gasteiger partial charge in [-0.15, -0.1) is 11.3 Å². The van der Waals surface area contributed by atoms with Gasteiger partial charge in [-0.1, -0.05) is 12.1 Å². The minimum Gasteiger partial charge on any atom is -0.435 e. The molecule has 0 bridgehead atoms. The van der Waals surface area contributed by atoms with E-state index in [9.17, 15) is 13.6 Å². The Morgan fingerprint density at radius 3 is 2.59 bits per heavy atom. The fourth-order valence-corrected chi connectivity index (χ4v) is 3.38. The summed E-state index contributed by atoms with van der Waals surface area (Å²) in [5.41, 5.74) is 5.51. The van der Waals surface area contributed by atoms with Crippen molar-refractivity contribution in [3.05, 3.63) is 64.0 Å². The summed E-state index contributed by atoms with van der Waals surface area (Å²) in [6.45, 7) is 3.19. The van der Waals surface area contributed by atoms with Crippen LogP contribution in [-0.2, 0) is 0 Å². The number of amides is 1. The number of halogens is 2. The maximum atomic E-state index is 12.4.